The molecule has 0 aromatic heterocycles. The number of nitro benzene ring substituents is 1. The Morgan fingerprint density at radius 1 is 1.06 bits per heavy atom. The third-order valence-electron chi connectivity index (χ3n) is 5.40. The van der Waals surface area contributed by atoms with Gasteiger partial charge in [-0.15, -0.1) is 0 Å². The molecule has 1 N–H and O–H groups in total. The molecule has 10 heteroatoms. The molecule has 0 spiro atoms. The minimum atomic E-state index is -0.937. The molecule has 4 rings (SSSR count). The lowest BCUT2D eigenvalue weighted by Gasteiger charge is -2.27. The van der Waals surface area contributed by atoms with Crippen molar-refractivity contribution in [2.24, 2.45) is 0 Å². The van der Waals surface area contributed by atoms with Crippen LogP contribution in [0.1, 0.15) is 36.5 Å². The normalized spacial score (nSPS) is 17.9. The first-order chi connectivity index (χ1) is 15.3. The van der Waals surface area contributed by atoms with E-state index in [1.165, 1.54) is 36.1 Å². The van der Waals surface area contributed by atoms with Gasteiger partial charge in [0.05, 0.1) is 17.0 Å². The molecule has 1 saturated carbocycles. The Bertz CT molecular complexity index is 1110. The summed E-state index contributed by atoms with van der Waals surface area (Å²) >= 11 is 0. The van der Waals surface area contributed by atoms with Crippen LogP contribution < -0.4 is 10.2 Å². The van der Waals surface area contributed by atoms with Crippen molar-refractivity contribution in [1.82, 2.24) is 4.90 Å². The molecule has 4 amide bonds. The Morgan fingerprint density at radius 2 is 1.69 bits per heavy atom. The standard InChI is InChI=1S/C22H20N4O6/c1-13(27)23-15-4-8-17(9-5-15)25-20(28)12-19(22(25)30)24(16-10-11-16)21(29)14-2-6-18(7-3-14)26(31)32/h2-9,16,19H,10-12H2,1H3,(H,23,27). The van der Waals surface area contributed by atoms with Gasteiger partial charge >= 0.3 is 0 Å². The number of imide groups is 1. The number of benzene rings is 2. The molecule has 0 bridgehead atoms. The maximum Gasteiger partial charge on any atom is 0.269 e. The van der Waals surface area contributed by atoms with Gasteiger partial charge in [-0.25, -0.2) is 4.90 Å². The van der Waals surface area contributed by atoms with Gasteiger partial charge in [-0.3, -0.25) is 29.3 Å². The smallest absolute Gasteiger partial charge is 0.269 e. The fourth-order valence-electron chi connectivity index (χ4n) is 3.79. The molecule has 2 fully saturated rings. The molecular formula is C22H20N4O6. The van der Waals surface area contributed by atoms with Gasteiger partial charge in [0.25, 0.3) is 17.5 Å². The Kier molecular flexibility index (Phi) is 5.43. The van der Waals surface area contributed by atoms with E-state index in [0.717, 1.165) is 17.7 Å². The minimum Gasteiger partial charge on any atom is -0.326 e. The van der Waals surface area contributed by atoms with Gasteiger partial charge in [0, 0.05) is 36.3 Å². The fraction of sp³-hybridized carbons (Fsp3) is 0.273. The second-order valence-electron chi connectivity index (χ2n) is 7.76. The molecule has 32 heavy (non-hydrogen) atoms. The zero-order valence-electron chi connectivity index (χ0n) is 17.2. The molecule has 1 aliphatic carbocycles. The monoisotopic (exact) mass is 436 g/mol. The summed E-state index contributed by atoms with van der Waals surface area (Å²) in [6.45, 7) is 1.38. The van der Waals surface area contributed by atoms with Crippen LogP contribution in [0, 0.1) is 10.1 Å². The Hall–Kier alpha value is -4.08. The molecule has 0 radical (unpaired) electrons. The molecule has 1 atom stereocenters. The number of carbonyl (C=O) groups excluding carboxylic acids is 4. The van der Waals surface area contributed by atoms with E-state index >= 15 is 0 Å². The van der Waals surface area contributed by atoms with Crippen LogP contribution in [-0.4, -0.2) is 45.5 Å². The van der Waals surface area contributed by atoms with Crippen molar-refractivity contribution in [2.75, 3.05) is 10.2 Å². The van der Waals surface area contributed by atoms with E-state index in [-0.39, 0.29) is 29.6 Å². The van der Waals surface area contributed by atoms with E-state index in [1.807, 2.05) is 0 Å². The summed E-state index contributed by atoms with van der Waals surface area (Å²) in [6.07, 6.45) is 1.31. The number of anilines is 2. The van der Waals surface area contributed by atoms with Crippen LogP contribution in [0.25, 0.3) is 0 Å². The van der Waals surface area contributed by atoms with Crippen molar-refractivity contribution in [3.63, 3.8) is 0 Å². The van der Waals surface area contributed by atoms with Crippen LogP contribution in [0.5, 0.6) is 0 Å². The highest BCUT2D eigenvalue weighted by atomic mass is 16.6. The lowest BCUT2D eigenvalue weighted by atomic mass is 10.1. The number of rotatable bonds is 6. The van der Waals surface area contributed by atoms with Crippen LogP contribution in [0.2, 0.25) is 0 Å². The quantitative estimate of drug-likeness (QED) is 0.421. The van der Waals surface area contributed by atoms with Gasteiger partial charge in [-0.2, -0.15) is 0 Å². The zero-order valence-corrected chi connectivity index (χ0v) is 17.2. The van der Waals surface area contributed by atoms with Crippen LogP contribution in [-0.2, 0) is 14.4 Å². The van der Waals surface area contributed by atoms with E-state index in [2.05, 4.69) is 5.32 Å². The van der Waals surface area contributed by atoms with Gasteiger partial charge in [0.2, 0.25) is 11.8 Å². The lowest BCUT2D eigenvalue weighted by Crippen LogP contribution is -2.46. The summed E-state index contributed by atoms with van der Waals surface area (Å²) in [5.74, 6) is -1.59. The minimum absolute atomic E-state index is 0.137. The van der Waals surface area contributed by atoms with E-state index in [1.54, 1.807) is 24.3 Å². The first-order valence-electron chi connectivity index (χ1n) is 10.1. The number of non-ortho nitro benzene ring substituents is 1. The van der Waals surface area contributed by atoms with Crippen molar-refractivity contribution in [1.29, 1.82) is 0 Å². The summed E-state index contributed by atoms with van der Waals surface area (Å²) in [6, 6.07) is 10.4. The Morgan fingerprint density at radius 3 is 2.22 bits per heavy atom. The number of hydrogen-bond donors (Lipinski definition) is 1. The maximum atomic E-state index is 13.2. The second kappa shape index (κ2) is 8.22. The van der Waals surface area contributed by atoms with Crippen molar-refractivity contribution in [3.05, 3.63) is 64.2 Å². The number of nitrogens with zero attached hydrogens (tertiary/aromatic N) is 3. The van der Waals surface area contributed by atoms with Crippen LogP contribution in [0.4, 0.5) is 17.1 Å². The van der Waals surface area contributed by atoms with Gasteiger partial charge in [-0.1, -0.05) is 0 Å². The molecular weight excluding hydrogens is 416 g/mol. The molecule has 1 aliphatic heterocycles. The van der Waals surface area contributed by atoms with Crippen molar-refractivity contribution >= 4 is 40.7 Å². The lowest BCUT2D eigenvalue weighted by molar-refractivity contribution is -0.384. The molecule has 1 heterocycles. The van der Waals surface area contributed by atoms with Crippen molar-refractivity contribution in [2.45, 2.75) is 38.3 Å². The Labute approximate surface area is 182 Å². The number of carbonyl (C=O) groups is 4. The average molecular weight is 436 g/mol. The van der Waals surface area contributed by atoms with Crippen LogP contribution in [0.3, 0.4) is 0 Å². The van der Waals surface area contributed by atoms with E-state index < -0.39 is 28.7 Å². The molecule has 1 unspecified atom stereocenters. The van der Waals surface area contributed by atoms with Crippen LogP contribution in [0.15, 0.2) is 48.5 Å². The molecule has 164 valence electrons. The molecule has 2 aromatic carbocycles. The van der Waals surface area contributed by atoms with Gasteiger partial charge in [0.15, 0.2) is 0 Å². The average Bonchev–Trinajstić information content (AvgIpc) is 3.54. The number of nitrogens with one attached hydrogen (secondary N) is 1. The largest absolute Gasteiger partial charge is 0.326 e. The third-order valence-corrected chi connectivity index (χ3v) is 5.40. The van der Waals surface area contributed by atoms with Crippen molar-refractivity contribution in [3.8, 4) is 0 Å². The van der Waals surface area contributed by atoms with E-state index in [0.29, 0.717) is 11.4 Å². The SMILES string of the molecule is CC(=O)Nc1ccc(N2C(=O)CC(N(C(=O)c3ccc([N+](=O)[O-])cc3)C3CC3)C2=O)cc1. The van der Waals surface area contributed by atoms with Gasteiger partial charge < -0.3 is 10.2 Å². The van der Waals surface area contributed by atoms with Crippen LogP contribution >= 0.6 is 0 Å². The summed E-state index contributed by atoms with van der Waals surface area (Å²) in [5.41, 5.74) is 0.973. The summed E-state index contributed by atoms with van der Waals surface area (Å²) in [5, 5.41) is 13.5. The zero-order chi connectivity index (χ0) is 23.0. The predicted molar refractivity (Wildman–Crippen MR) is 114 cm³/mol. The first kappa shape index (κ1) is 21.2. The van der Waals surface area contributed by atoms with Gasteiger partial charge in [0.1, 0.15) is 6.04 Å². The highest BCUT2D eigenvalue weighted by Gasteiger charge is 2.48. The molecule has 2 aliphatic rings. The van der Waals surface area contributed by atoms with E-state index in [9.17, 15) is 29.3 Å². The van der Waals surface area contributed by atoms with E-state index in [4.69, 9.17) is 0 Å². The number of hydrogen-bond acceptors (Lipinski definition) is 6. The van der Waals surface area contributed by atoms with Crippen molar-refractivity contribution < 1.29 is 24.1 Å². The summed E-state index contributed by atoms with van der Waals surface area (Å²) in [7, 11) is 0. The number of nitro groups is 1. The molecule has 10 nitrogen and oxygen atoms in total. The summed E-state index contributed by atoms with van der Waals surface area (Å²) in [4.78, 5) is 63.0. The maximum absolute atomic E-state index is 13.2. The predicted octanol–water partition coefficient (Wildman–Crippen LogP) is 2.49. The first-order valence-corrected chi connectivity index (χ1v) is 10.1. The Balaban J connectivity index is 1.57. The molecule has 2 aromatic rings. The molecule has 1 saturated heterocycles. The third kappa shape index (κ3) is 4.07. The topological polar surface area (TPSA) is 130 Å². The number of amides is 4. The van der Waals surface area contributed by atoms with Gasteiger partial charge in [-0.05, 0) is 49.2 Å². The highest BCUT2D eigenvalue weighted by molar-refractivity contribution is 6.23. The summed E-state index contributed by atoms with van der Waals surface area (Å²) < 4.78 is 0. The fourth-order valence-corrected chi connectivity index (χ4v) is 3.79. The highest BCUT2D eigenvalue weighted by Crippen LogP contribution is 2.35. The second-order valence-corrected chi connectivity index (χ2v) is 7.76.